The van der Waals surface area contributed by atoms with Crippen LogP contribution in [0.25, 0.3) is 0 Å². The van der Waals surface area contributed by atoms with E-state index in [0.29, 0.717) is 30.6 Å². The average molecular weight is 653 g/mol. The highest BCUT2D eigenvalue weighted by Gasteiger charge is 2.19. The van der Waals surface area contributed by atoms with Gasteiger partial charge >= 0.3 is 0 Å². The molecule has 39 heavy (non-hydrogen) atoms. The van der Waals surface area contributed by atoms with Gasteiger partial charge in [-0.05, 0) is 71.5 Å². The Hall–Kier alpha value is -3.64. The monoisotopic (exact) mass is 652 g/mol. The van der Waals surface area contributed by atoms with Crippen molar-refractivity contribution in [3.8, 4) is 5.75 Å². The van der Waals surface area contributed by atoms with Gasteiger partial charge in [-0.2, -0.15) is 5.10 Å². The van der Waals surface area contributed by atoms with E-state index in [4.69, 9.17) is 4.74 Å². The molecule has 0 aliphatic heterocycles. The third-order valence-electron chi connectivity index (χ3n) is 5.59. The molecule has 10 heteroatoms. The van der Waals surface area contributed by atoms with Crippen LogP contribution in [0.4, 0.5) is 5.69 Å². The van der Waals surface area contributed by atoms with Gasteiger partial charge in [-0.15, -0.1) is 16.8 Å². The van der Waals surface area contributed by atoms with Crippen LogP contribution >= 0.6 is 34.4 Å². The van der Waals surface area contributed by atoms with E-state index in [0.717, 1.165) is 22.6 Å². The number of amides is 1. The van der Waals surface area contributed by atoms with Crippen LogP contribution in [-0.4, -0.2) is 32.1 Å². The number of benzene rings is 3. The molecule has 0 spiro atoms. The highest BCUT2D eigenvalue weighted by molar-refractivity contribution is 14.1. The predicted molar refractivity (Wildman–Crippen MR) is 165 cm³/mol. The molecule has 0 radical (unpaired) electrons. The van der Waals surface area contributed by atoms with E-state index >= 15 is 0 Å². The fraction of sp³-hybridized carbons (Fsp3) is 0.172. The summed E-state index contributed by atoms with van der Waals surface area (Å²) in [5, 5.41) is 16.4. The number of para-hydroxylation sites is 1. The van der Waals surface area contributed by atoms with Crippen LogP contribution in [0.2, 0.25) is 0 Å². The second-order valence-corrected chi connectivity index (χ2v) is 11.0. The maximum Gasteiger partial charge on any atom is 0.253 e. The van der Waals surface area contributed by atoms with Crippen LogP contribution in [0.5, 0.6) is 5.75 Å². The first kappa shape index (κ1) is 28.4. The quantitative estimate of drug-likeness (QED) is 0.0616. The van der Waals surface area contributed by atoms with Gasteiger partial charge < -0.3 is 14.6 Å². The summed E-state index contributed by atoms with van der Waals surface area (Å²) < 4.78 is 9.08. The molecule has 0 aliphatic rings. The molecule has 0 saturated heterocycles. The van der Waals surface area contributed by atoms with Crippen molar-refractivity contribution in [2.24, 2.45) is 5.10 Å². The van der Waals surface area contributed by atoms with E-state index in [-0.39, 0.29) is 5.91 Å². The van der Waals surface area contributed by atoms with E-state index in [1.807, 2.05) is 90.4 Å². The lowest BCUT2D eigenvalue weighted by Gasteiger charge is -2.12. The summed E-state index contributed by atoms with van der Waals surface area (Å²) in [5.41, 5.74) is 5.46. The minimum atomic E-state index is -0.448. The Kier molecular flexibility index (Phi) is 10.5. The number of ether oxygens (including phenoxy) is 1. The number of halogens is 1. The van der Waals surface area contributed by atoms with E-state index in [9.17, 15) is 4.79 Å². The molecule has 0 bridgehead atoms. The molecule has 3 aromatic carbocycles. The molecule has 0 saturated carbocycles. The van der Waals surface area contributed by atoms with E-state index in [1.165, 1.54) is 15.3 Å². The SMILES string of the molecule is C=CCn1c(CNc2ccc(I)cc2)nnc1S[C@H](C)C(=O)N/N=C\c1ccccc1OCc1ccccc1. The molecule has 4 rings (SSSR count). The Labute approximate surface area is 246 Å². The fourth-order valence-corrected chi connectivity index (χ4v) is 4.75. The predicted octanol–water partition coefficient (Wildman–Crippen LogP) is 5.89. The molecular formula is C29H29IN6O2S. The number of hydrogen-bond acceptors (Lipinski definition) is 7. The van der Waals surface area contributed by atoms with Gasteiger partial charge in [0.1, 0.15) is 12.4 Å². The van der Waals surface area contributed by atoms with Gasteiger partial charge in [0.05, 0.1) is 18.0 Å². The number of nitrogens with one attached hydrogen (secondary N) is 2. The molecule has 200 valence electrons. The highest BCUT2D eigenvalue weighted by Crippen LogP contribution is 2.23. The number of rotatable bonds is 13. The molecule has 4 aromatic rings. The van der Waals surface area contributed by atoms with Crippen LogP contribution < -0.4 is 15.5 Å². The number of hydrogen-bond donors (Lipinski definition) is 2. The molecule has 0 unspecified atom stereocenters. The van der Waals surface area contributed by atoms with Crippen molar-refractivity contribution < 1.29 is 9.53 Å². The minimum Gasteiger partial charge on any atom is -0.488 e. The van der Waals surface area contributed by atoms with E-state index in [2.05, 4.69) is 55.2 Å². The van der Waals surface area contributed by atoms with Crippen LogP contribution in [-0.2, 0) is 24.5 Å². The van der Waals surface area contributed by atoms with Crippen molar-refractivity contribution >= 4 is 52.2 Å². The molecule has 1 amide bonds. The van der Waals surface area contributed by atoms with Gasteiger partial charge in [0.2, 0.25) is 0 Å². The molecular weight excluding hydrogens is 623 g/mol. The Morgan fingerprint density at radius 1 is 1.10 bits per heavy atom. The summed E-state index contributed by atoms with van der Waals surface area (Å²) in [4.78, 5) is 12.8. The summed E-state index contributed by atoms with van der Waals surface area (Å²) in [5.74, 6) is 1.20. The standard InChI is InChI=1S/C29H29IN6O2S/c1-3-17-36-27(19-31-25-15-13-24(30)14-16-25)33-35-29(36)39-21(2)28(37)34-32-18-23-11-7-8-12-26(23)38-20-22-9-5-4-6-10-22/h3-16,18,21,31H,1,17,19-20H2,2H3,(H,34,37)/b32-18-/t21-/m1/s1. The van der Waals surface area contributed by atoms with Crippen LogP contribution in [0.15, 0.2) is 102 Å². The summed E-state index contributed by atoms with van der Waals surface area (Å²) >= 11 is 3.59. The molecule has 0 aliphatic carbocycles. The van der Waals surface area contributed by atoms with Gasteiger partial charge in [-0.3, -0.25) is 4.79 Å². The van der Waals surface area contributed by atoms with Crippen molar-refractivity contribution in [2.45, 2.75) is 37.0 Å². The van der Waals surface area contributed by atoms with Crippen LogP contribution in [0, 0.1) is 3.57 Å². The second-order valence-electron chi connectivity index (χ2n) is 8.46. The number of allylic oxidation sites excluding steroid dienone is 1. The molecule has 1 aromatic heterocycles. The van der Waals surface area contributed by atoms with E-state index in [1.54, 1.807) is 12.3 Å². The minimum absolute atomic E-state index is 0.245. The normalized spacial score (nSPS) is 11.7. The second kappa shape index (κ2) is 14.5. The number of aromatic nitrogens is 3. The van der Waals surface area contributed by atoms with Crippen LogP contribution in [0.1, 0.15) is 23.9 Å². The van der Waals surface area contributed by atoms with Crippen LogP contribution in [0.3, 0.4) is 0 Å². The van der Waals surface area contributed by atoms with Gasteiger partial charge in [0.15, 0.2) is 11.0 Å². The summed E-state index contributed by atoms with van der Waals surface area (Å²) in [7, 11) is 0. The zero-order valence-corrected chi connectivity index (χ0v) is 24.4. The number of nitrogens with zero attached hydrogens (tertiary/aromatic N) is 4. The average Bonchev–Trinajstić information content (AvgIpc) is 3.33. The number of carbonyl (C=O) groups excluding carboxylic acids is 1. The molecule has 2 N–H and O–H groups in total. The van der Waals surface area contributed by atoms with Gasteiger partial charge in [-0.25, -0.2) is 5.43 Å². The highest BCUT2D eigenvalue weighted by atomic mass is 127. The maximum atomic E-state index is 12.8. The van der Waals surface area contributed by atoms with Crippen molar-refractivity contribution in [3.63, 3.8) is 0 Å². The van der Waals surface area contributed by atoms with Crippen molar-refractivity contribution in [1.82, 2.24) is 20.2 Å². The number of carbonyl (C=O) groups is 1. The first-order valence-electron chi connectivity index (χ1n) is 12.3. The summed E-state index contributed by atoms with van der Waals surface area (Å²) in [6.45, 7) is 7.14. The zero-order valence-electron chi connectivity index (χ0n) is 21.5. The van der Waals surface area contributed by atoms with Crippen molar-refractivity contribution in [2.75, 3.05) is 5.32 Å². The fourth-order valence-electron chi connectivity index (χ4n) is 3.52. The smallest absolute Gasteiger partial charge is 0.253 e. The van der Waals surface area contributed by atoms with Crippen molar-refractivity contribution in [1.29, 1.82) is 0 Å². The first-order chi connectivity index (χ1) is 19.0. The first-order valence-corrected chi connectivity index (χ1v) is 14.3. The Bertz CT molecular complexity index is 1410. The van der Waals surface area contributed by atoms with Gasteiger partial charge in [-0.1, -0.05) is 60.3 Å². The topological polar surface area (TPSA) is 93.4 Å². The largest absolute Gasteiger partial charge is 0.488 e. The Morgan fingerprint density at radius 3 is 2.62 bits per heavy atom. The van der Waals surface area contributed by atoms with Gasteiger partial charge in [0.25, 0.3) is 5.91 Å². The van der Waals surface area contributed by atoms with Crippen molar-refractivity contribution in [3.05, 3.63) is 112 Å². The molecule has 1 heterocycles. The Balaban J connectivity index is 1.33. The number of anilines is 1. The molecule has 8 nitrogen and oxygen atoms in total. The van der Waals surface area contributed by atoms with E-state index < -0.39 is 5.25 Å². The lowest BCUT2D eigenvalue weighted by molar-refractivity contribution is -0.120. The lowest BCUT2D eigenvalue weighted by Crippen LogP contribution is -2.27. The third kappa shape index (κ3) is 8.42. The Morgan fingerprint density at radius 2 is 1.85 bits per heavy atom. The molecule has 0 fully saturated rings. The van der Waals surface area contributed by atoms with Gasteiger partial charge in [0, 0.05) is 21.4 Å². The lowest BCUT2D eigenvalue weighted by atomic mass is 10.2. The number of thioether (sulfide) groups is 1. The summed E-state index contributed by atoms with van der Waals surface area (Å²) in [6, 6.07) is 25.6. The third-order valence-corrected chi connectivity index (χ3v) is 7.39. The number of hydrazone groups is 1. The maximum absolute atomic E-state index is 12.8. The summed E-state index contributed by atoms with van der Waals surface area (Å²) in [6.07, 6.45) is 3.37. The molecule has 1 atom stereocenters. The zero-order chi connectivity index (χ0) is 27.5.